The number of hydrogen-bond acceptors (Lipinski definition) is 3. The molecule has 0 aliphatic carbocycles. The molecular formula is C18H18KNO3. The predicted molar refractivity (Wildman–Crippen MR) is 80.7 cm³/mol. The van der Waals surface area contributed by atoms with Crippen molar-refractivity contribution in [1.82, 2.24) is 4.57 Å². The molecule has 0 N–H and O–H groups in total. The number of benzene rings is 1. The molecule has 2 aromatic rings. The number of aryl methyl sites for hydroxylation is 1. The Bertz CT molecular complexity index is 718. The summed E-state index contributed by atoms with van der Waals surface area (Å²) in [7, 11) is 0. The summed E-state index contributed by atoms with van der Waals surface area (Å²) in [6.07, 6.45) is 2.25. The fourth-order valence-electron chi connectivity index (χ4n) is 3.12. The average Bonchev–Trinajstić information content (AvgIpc) is 2.98. The molecule has 5 heteroatoms. The molecule has 1 atom stereocenters. The molecule has 3 rings (SSSR count). The molecular weight excluding hydrogens is 317 g/mol. The third-order valence-corrected chi connectivity index (χ3v) is 4.39. The maximum Gasteiger partial charge on any atom is 1.00 e. The van der Waals surface area contributed by atoms with Gasteiger partial charge in [-0.1, -0.05) is 31.2 Å². The first-order valence-corrected chi connectivity index (χ1v) is 7.65. The first-order valence-electron chi connectivity index (χ1n) is 7.65. The van der Waals surface area contributed by atoms with Crippen molar-refractivity contribution >= 4 is 11.8 Å². The number of ketones is 1. The van der Waals surface area contributed by atoms with Crippen LogP contribution in [0.15, 0.2) is 36.4 Å². The van der Waals surface area contributed by atoms with Gasteiger partial charge < -0.3 is 14.5 Å². The molecule has 1 unspecified atom stereocenters. The molecule has 0 bridgehead atoms. The van der Waals surface area contributed by atoms with Gasteiger partial charge in [-0.3, -0.25) is 4.79 Å². The van der Waals surface area contributed by atoms with Crippen molar-refractivity contribution in [2.45, 2.75) is 38.6 Å². The molecule has 0 saturated heterocycles. The Balaban J connectivity index is 0.00000192. The van der Waals surface area contributed by atoms with E-state index in [0.717, 1.165) is 12.8 Å². The van der Waals surface area contributed by atoms with Crippen molar-refractivity contribution in [3.8, 4) is 0 Å². The summed E-state index contributed by atoms with van der Waals surface area (Å²) in [5.74, 6) is -1.74. The van der Waals surface area contributed by atoms with E-state index in [1.54, 1.807) is 12.1 Å². The van der Waals surface area contributed by atoms with Crippen molar-refractivity contribution in [3.63, 3.8) is 0 Å². The van der Waals surface area contributed by atoms with Gasteiger partial charge in [0.1, 0.15) is 0 Å². The van der Waals surface area contributed by atoms with Crippen molar-refractivity contribution in [2.24, 2.45) is 0 Å². The van der Waals surface area contributed by atoms with E-state index in [9.17, 15) is 14.7 Å². The zero-order valence-electron chi connectivity index (χ0n) is 13.5. The van der Waals surface area contributed by atoms with Crippen LogP contribution < -0.4 is 56.5 Å². The van der Waals surface area contributed by atoms with Gasteiger partial charge in [0.05, 0.1) is 11.7 Å². The van der Waals surface area contributed by atoms with Crippen molar-refractivity contribution in [2.75, 3.05) is 0 Å². The van der Waals surface area contributed by atoms with Gasteiger partial charge in [0.2, 0.25) is 5.78 Å². The summed E-state index contributed by atoms with van der Waals surface area (Å²) < 4.78 is 1.83. The molecule has 1 aromatic carbocycles. The second-order valence-electron chi connectivity index (χ2n) is 5.69. The molecule has 0 amide bonds. The summed E-state index contributed by atoms with van der Waals surface area (Å²) in [6, 6.07) is 11.1. The number of carboxylic acid groups (broad SMARTS) is 1. The second-order valence-corrected chi connectivity index (χ2v) is 5.69. The Labute approximate surface area is 178 Å². The van der Waals surface area contributed by atoms with E-state index in [0.29, 0.717) is 29.9 Å². The molecule has 4 nitrogen and oxygen atoms in total. The van der Waals surface area contributed by atoms with Gasteiger partial charge in [-0.15, -0.1) is 0 Å². The van der Waals surface area contributed by atoms with Gasteiger partial charge >= 0.3 is 51.4 Å². The molecule has 114 valence electrons. The van der Waals surface area contributed by atoms with Crippen LogP contribution in [0.2, 0.25) is 0 Å². The Morgan fingerprint density at radius 1 is 1.17 bits per heavy atom. The van der Waals surface area contributed by atoms with Crippen molar-refractivity contribution in [1.29, 1.82) is 0 Å². The molecule has 1 aliphatic rings. The van der Waals surface area contributed by atoms with Crippen LogP contribution in [0.1, 0.15) is 53.0 Å². The number of hydrogen-bond donors (Lipinski definition) is 0. The SMILES string of the molecule is CCc1ccc(C(=O)c2ccc3n2CCCC3C(=O)[O-])cc1.[K+]. The largest absolute Gasteiger partial charge is 1.00 e. The molecule has 0 fully saturated rings. The van der Waals surface area contributed by atoms with Gasteiger partial charge in [-0.2, -0.15) is 0 Å². The number of nitrogens with zero attached hydrogens (tertiary/aromatic N) is 1. The number of carbonyl (C=O) groups excluding carboxylic acids is 2. The smallest absolute Gasteiger partial charge is 0.549 e. The van der Waals surface area contributed by atoms with Crippen LogP contribution in [0, 0.1) is 0 Å². The predicted octanol–water partition coefficient (Wildman–Crippen LogP) is -1.09. The van der Waals surface area contributed by atoms with Crippen LogP contribution >= 0.6 is 0 Å². The standard InChI is InChI=1S/C18H19NO3.K/c1-2-12-5-7-13(8-6-12)17(20)16-10-9-15-14(18(21)22)4-3-11-19(15)16;/h5-10,14H,2-4,11H2,1H3,(H,21,22);/q;+1/p-1. The maximum absolute atomic E-state index is 12.7. The Morgan fingerprint density at radius 2 is 1.87 bits per heavy atom. The van der Waals surface area contributed by atoms with E-state index in [4.69, 9.17) is 0 Å². The fraction of sp³-hybridized carbons (Fsp3) is 0.333. The van der Waals surface area contributed by atoms with Gasteiger partial charge in [-0.05, 0) is 37.0 Å². The monoisotopic (exact) mass is 335 g/mol. The summed E-state index contributed by atoms with van der Waals surface area (Å²) in [4.78, 5) is 23.9. The third kappa shape index (κ3) is 3.69. The van der Waals surface area contributed by atoms with Gasteiger partial charge in [0, 0.05) is 23.7 Å². The number of fused-ring (bicyclic) bond motifs is 1. The first-order chi connectivity index (χ1) is 10.6. The molecule has 1 aliphatic heterocycles. The van der Waals surface area contributed by atoms with Crippen LogP contribution in [0.25, 0.3) is 0 Å². The number of carboxylic acids is 1. The Kier molecular flexibility index (Phi) is 6.39. The average molecular weight is 335 g/mol. The Hall–Kier alpha value is -0.724. The maximum atomic E-state index is 12.7. The number of carbonyl (C=O) groups is 2. The van der Waals surface area contributed by atoms with Crippen LogP contribution in [-0.4, -0.2) is 16.3 Å². The summed E-state index contributed by atoms with van der Waals surface area (Å²) >= 11 is 0. The minimum Gasteiger partial charge on any atom is -0.549 e. The van der Waals surface area contributed by atoms with Crippen molar-refractivity contribution in [3.05, 3.63) is 58.9 Å². The van der Waals surface area contributed by atoms with E-state index in [1.807, 2.05) is 28.8 Å². The van der Waals surface area contributed by atoms with Crippen LogP contribution in [0.4, 0.5) is 0 Å². The zero-order chi connectivity index (χ0) is 15.7. The van der Waals surface area contributed by atoms with E-state index in [2.05, 4.69) is 6.92 Å². The van der Waals surface area contributed by atoms with Gasteiger partial charge in [0.25, 0.3) is 0 Å². The zero-order valence-corrected chi connectivity index (χ0v) is 16.7. The Morgan fingerprint density at radius 3 is 2.48 bits per heavy atom. The number of rotatable bonds is 4. The van der Waals surface area contributed by atoms with Crippen LogP contribution in [-0.2, 0) is 17.8 Å². The first kappa shape index (κ1) is 18.6. The minimum atomic E-state index is -1.06. The molecule has 0 saturated carbocycles. The normalized spacial score (nSPS) is 16.3. The second kappa shape index (κ2) is 7.90. The van der Waals surface area contributed by atoms with Gasteiger partial charge in [-0.25, -0.2) is 0 Å². The van der Waals surface area contributed by atoms with E-state index < -0.39 is 11.9 Å². The third-order valence-electron chi connectivity index (χ3n) is 4.39. The van der Waals surface area contributed by atoms with E-state index in [-0.39, 0.29) is 57.2 Å². The molecule has 0 radical (unpaired) electrons. The summed E-state index contributed by atoms with van der Waals surface area (Å²) in [5, 5.41) is 11.2. The summed E-state index contributed by atoms with van der Waals surface area (Å²) in [6.45, 7) is 2.75. The molecule has 23 heavy (non-hydrogen) atoms. The molecule has 2 heterocycles. The quantitative estimate of drug-likeness (QED) is 0.527. The number of aromatic nitrogens is 1. The minimum absolute atomic E-state index is 0. The van der Waals surface area contributed by atoms with Crippen LogP contribution in [0.5, 0.6) is 0 Å². The topological polar surface area (TPSA) is 62.1 Å². The van der Waals surface area contributed by atoms with E-state index >= 15 is 0 Å². The summed E-state index contributed by atoms with van der Waals surface area (Å²) in [5.41, 5.74) is 3.06. The molecule has 0 spiro atoms. The molecule has 1 aromatic heterocycles. The van der Waals surface area contributed by atoms with Gasteiger partial charge in [0.15, 0.2) is 0 Å². The fourth-order valence-corrected chi connectivity index (χ4v) is 3.12. The van der Waals surface area contributed by atoms with E-state index in [1.165, 1.54) is 5.56 Å². The van der Waals surface area contributed by atoms with Crippen LogP contribution in [0.3, 0.4) is 0 Å². The van der Waals surface area contributed by atoms with Crippen molar-refractivity contribution < 1.29 is 66.1 Å². The number of aliphatic carboxylic acids is 1.